The Morgan fingerprint density at radius 1 is 1.45 bits per heavy atom. The summed E-state index contributed by atoms with van der Waals surface area (Å²) in [5.41, 5.74) is 1.72. The molecular formula is C16H23NO3. The van der Waals surface area contributed by atoms with Gasteiger partial charge < -0.3 is 14.8 Å². The molecule has 1 aliphatic rings. The smallest absolute Gasteiger partial charge is 0.170 e. The van der Waals surface area contributed by atoms with Gasteiger partial charge in [0, 0.05) is 11.6 Å². The Hall–Kier alpha value is -1.39. The molecule has 0 saturated carbocycles. The quantitative estimate of drug-likeness (QED) is 0.810. The van der Waals surface area contributed by atoms with Crippen LogP contribution >= 0.6 is 0 Å². The van der Waals surface area contributed by atoms with Crippen molar-refractivity contribution in [1.29, 1.82) is 0 Å². The van der Waals surface area contributed by atoms with E-state index in [1.807, 2.05) is 25.1 Å². The summed E-state index contributed by atoms with van der Waals surface area (Å²) in [5, 5.41) is 3.40. The molecule has 1 fully saturated rings. The van der Waals surface area contributed by atoms with Crippen molar-refractivity contribution in [3.8, 4) is 5.75 Å². The maximum atomic E-state index is 12.7. The molecule has 2 atom stereocenters. The molecule has 1 aliphatic heterocycles. The Kier molecular flexibility index (Phi) is 5.15. The van der Waals surface area contributed by atoms with Gasteiger partial charge in [-0.1, -0.05) is 6.92 Å². The first-order valence-electron chi connectivity index (χ1n) is 7.17. The van der Waals surface area contributed by atoms with Crippen molar-refractivity contribution in [1.82, 2.24) is 5.32 Å². The predicted octanol–water partition coefficient (Wildman–Crippen LogP) is 2.20. The molecule has 0 aliphatic carbocycles. The second-order valence-electron chi connectivity index (χ2n) is 5.25. The monoisotopic (exact) mass is 277 g/mol. The lowest BCUT2D eigenvalue weighted by Crippen LogP contribution is -2.39. The molecule has 1 heterocycles. The van der Waals surface area contributed by atoms with E-state index in [1.54, 1.807) is 7.11 Å². The summed E-state index contributed by atoms with van der Waals surface area (Å²) in [7, 11) is 1.63. The van der Waals surface area contributed by atoms with E-state index in [1.165, 1.54) is 0 Å². The highest BCUT2D eigenvalue weighted by Crippen LogP contribution is 2.24. The number of methoxy groups -OCH3 is 1. The average Bonchev–Trinajstić information content (AvgIpc) is 2.92. The number of ketones is 1. The van der Waals surface area contributed by atoms with Gasteiger partial charge in [0.05, 0.1) is 26.2 Å². The van der Waals surface area contributed by atoms with Crippen LogP contribution in [0.2, 0.25) is 0 Å². The van der Waals surface area contributed by atoms with Crippen LogP contribution in [0.1, 0.15) is 29.3 Å². The van der Waals surface area contributed by atoms with Crippen LogP contribution in [-0.2, 0) is 4.74 Å². The van der Waals surface area contributed by atoms with Gasteiger partial charge in [0.15, 0.2) is 5.78 Å². The first kappa shape index (κ1) is 15.0. The first-order chi connectivity index (χ1) is 9.67. The van der Waals surface area contributed by atoms with Gasteiger partial charge in [-0.2, -0.15) is 0 Å². The van der Waals surface area contributed by atoms with E-state index < -0.39 is 0 Å². The number of carbonyl (C=O) groups is 1. The van der Waals surface area contributed by atoms with Gasteiger partial charge in [0.1, 0.15) is 5.75 Å². The lowest BCUT2D eigenvalue weighted by atomic mass is 9.91. The van der Waals surface area contributed by atoms with Crippen LogP contribution in [0, 0.1) is 12.8 Å². The van der Waals surface area contributed by atoms with Gasteiger partial charge in [-0.3, -0.25) is 4.79 Å². The third-order valence-corrected chi connectivity index (χ3v) is 3.77. The van der Waals surface area contributed by atoms with Crippen LogP contribution < -0.4 is 10.1 Å². The predicted molar refractivity (Wildman–Crippen MR) is 78.5 cm³/mol. The molecule has 1 aromatic carbocycles. The van der Waals surface area contributed by atoms with Gasteiger partial charge in [-0.15, -0.1) is 0 Å². The molecule has 110 valence electrons. The molecule has 2 rings (SSSR count). The van der Waals surface area contributed by atoms with Crippen molar-refractivity contribution in [3.63, 3.8) is 0 Å². The number of nitrogens with one attached hydrogen (secondary N) is 1. The highest BCUT2D eigenvalue weighted by molar-refractivity contribution is 6.00. The zero-order valence-electron chi connectivity index (χ0n) is 12.4. The Labute approximate surface area is 120 Å². The van der Waals surface area contributed by atoms with Crippen molar-refractivity contribution in [3.05, 3.63) is 29.3 Å². The third kappa shape index (κ3) is 3.19. The molecule has 20 heavy (non-hydrogen) atoms. The van der Waals surface area contributed by atoms with Gasteiger partial charge in [-0.25, -0.2) is 0 Å². The second kappa shape index (κ2) is 6.86. The van der Waals surface area contributed by atoms with E-state index in [4.69, 9.17) is 9.47 Å². The number of benzene rings is 1. The summed E-state index contributed by atoms with van der Waals surface area (Å²) >= 11 is 0. The topological polar surface area (TPSA) is 47.6 Å². The maximum absolute atomic E-state index is 12.7. The summed E-state index contributed by atoms with van der Waals surface area (Å²) < 4.78 is 10.7. The number of hydrogen-bond acceptors (Lipinski definition) is 4. The van der Waals surface area contributed by atoms with Crippen molar-refractivity contribution < 1.29 is 14.3 Å². The molecule has 4 heteroatoms. The lowest BCUT2D eigenvalue weighted by molar-refractivity contribution is 0.0891. The molecule has 0 amide bonds. The van der Waals surface area contributed by atoms with E-state index >= 15 is 0 Å². The lowest BCUT2D eigenvalue weighted by Gasteiger charge is -2.18. The second-order valence-corrected chi connectivity index (χ2v) is 5.25. The molecule has 4 nitrogen and oxygen atoms in total. The van der Waals surface area contributed by atoms with Crippen molar-refractivity contribution in [2.45, 2.75) is 26.3 Å². The summed E-state index contributed by atoms with van der Waals surface area (Å²) in [6.45, 7) is 6.10. The summed E-state index contributed by atoms with van der Waals surface area (Å²) in [5.74, 6) is 0.854. The number of rotatable bonds is 6. The molecule has 2 unspecified atom stereocenters. The van der Waals surface area contributed by atoms with E-state index in [-0.39, 0.29) is 17.7 Å². The first-order valence-corrected chi connectivity index (χ1v) is 7.17. The van der Waals surface area contributed by atoms with E-state index in [9.17, 15) is 4.79 Å². The van der Waals surface area contributed by atoms with Crippen molar-refractivity contribution in [2.24, 2.45) is 5.92 Å². The Morgan fingerprint density at radius 2 is 2.25 bits per heavy atom. The summed E-state index contributed by atoms with van der Waals surface area (Å²) in [4.78, 5) is 12.7. The molecular weight excluding hydrogens is 254 g/mol. The zero-order chi connectivity index (χ0) is 14.5. The largest absolute Gasteiger partial charge is 0.497 e. The van der Waals surface area contributed by atoms with Gasteiger partial charge in [0.25, 0.3) is 0 Å². The standard InChI is InChI=1S/C16H23NO3/c1-4-7-17-15-10-20-9-14(15)16(18)13-6-5-12(19-3)8-11(13)2/h5-6,8,14-15,17H,4,7,9-10H2,1-3H3. The molecule has 0 bridgehead atoms. The van der Waals surface area contributed by atoms with Crippen LogP contribution in [0.5, 0.6) is 5.75 Å². The van der Waals surface area contributed by atoms with Crippen LogP contribution in [0.4, 0.5) is 0 Å². The average molecular weight is 277 g/mol. The minimum Gasteiger partial charge on any atom is -0.497 e. The fourth-order valence-electron chi connectivity index (χ4n) is 2.58. The third-order valence-electron chi connectivity index (χ3n) is 3.77. The van der Waals surface area contributed by atoms with Gasteiger partial charge >= 0.3 is 0 Å². The molecule has 0 spiro atoms. The zero-order valence-corrected chi connectivity index (χ0v) is 12.4. The van der Waals surface area contributed by atoms with E-state index in [0.29, 0.717) is 13.2 Å². The van der Waals surface area contributed by atoms with Crippen molar-refractivity contribution in [2.75, 3.05) is 26.9 Å². The van der Waals surface area contributed by atoms with Crippen molar-refractivity contribution >= 4 is 5.78 Å². The Bertz CT molecular complexity index is 473. The fourth-order valence-corrected chi connectivity index (χ4v) is 2.58. The molecule has 1 aromatic rings. The molecule has 0 aromatic heterocycles. The number of hydrogen-bond donors (Lipinski definition) is 1. The fraction of sp³-hybridized carbons (Fsp3) is 0.562. The SMILES string of the molecule is CCCNC1COCC1C(=O)c1ccc(OC)cc1C. The number of Topliss-reactive ketones (excluding diaryl/α,β-unsaturated/α-hetero) is 1. The summed E-state index contributed by atoms with van der Waals surface area (Å²) in [6.07, 6.45) is 1.05. The molecule has 1 saturated heterocycles. The minimum absolute atomic E-state index is 0.0892. The highest BCUT2D eigenvalue weighted by Gasteiger charge is 2.34. The maximum Gasteiger partial charge on any atom is 0.170 e. The normalized spacial score (nSPS) is 21.9. The number of aryl methyl sites for hydroxylation is 1. The number of ether oxygens (including phenoxy) is 2. The van der Waals surface area contributed by atoms with E-state index in [2.05, 4.69) is 12.2 Å². The molecule has 1 N–H and O–H groups in total. The van der Waals surface area contributed by atoms with Gasteiger partial charge in [-0.05, 0) is 43.7 Å². The van der Waals surface area contributed by atoms with E-state index in [0.717, 1.165) is 29.8 Å². The van der Waals surface area contributed by atoms with Crippen LogP contribution in [-0.4, -0.2) is 38.7 Å². The Balaban J connectivity index is 2.13. The summed E-state index contributed by atoms with van der Waals surface area (Å²) in [6, 6.07) is 5.72. The highest BCUT2D eigenvalue weighted by atomic mass is 16.5. The Morgan fingerprint density at radius 3 is 2.90 bits per heavy atom. The minimum atomic E-state index is -0.0892. The number of carbonyl (C=O) groups excluding carboxylic acids is 1. The van der Waals surface area contributed by atoms with Crippen LogP contribution in [0.3, 0.4) is 0 Å². The van der Waals surface area contributed by atoms with Crippen LogP contribution in [0.25, 0.3) is 0 Å². The van der Waals surface area contributed by atoms with Gasteiger partial charge in [0.2, 0.25) is 0 Å². The molecule has 0 radical (unpaired) electrons. The van der Waals surface area contributed by atoms with Crippen LogP contribution in [0.15, 0.2) is 18.2 Å².